The molecule has 0 spiro atoms. The lowest BCUT2D eigenvalue weighted by Gasteiger charge is -2.02. The van der Waals surface area contributed by atoms with Crippen molar-refractivity contribution in [2.75, 3.05) is 6.79 Å². The van der Waals surface area contributed by atoms with Gasteiger partial charge in [0.15, 0.2) is 11.5 Å². The lowest BCUT2D eigenvalue weighted by atomic mass is 10.1. The number of nitrogens with zero attached hydrogens (tertiary/aromatic N) is 1. The van der Waals surface area contributed by atoms with Crippen LogP contribution >= 0.6 is 11.3 Å². The maximum atomic E-state index is 11.0. The summed E-state index contributed by atoms with van der Waals surface area (Å²) in [5.41, 5.74) is 1.59. The van der Waals surface area contributed by atoms with E-state index in [1.165, 1.54) is 11.3 Å². The smallest absolute Gasteiger partial charge is 0.308 e. The minimum absolute atomic E-state index is 0.0125. The molecule has 5 nitrogen and oxygen atoms in total. The number of aliphatic carboxylic acids is 1. The Labute approximate surface area is 119 Å². The van der Waals surface area contributed by atoms with Gasteiger partial charge in [-0.2, -0.15) is 0 Å². The van der Waals surface area contributed by atoms with Crippen LogP contribution in [0.25, 0.3) is 11.3 Å². The first-order valence-electron chi connectivity index (χ1n) is 6.27. The second-order valence-corrected chi connectivity index (χ2v) is 5.54. The number of fused-ring (bicyclic) bond motifs is 1. The van der Waals surface area contributed by atoms with Crippen molar-refractivity contribution < 1.29 is 19.4 Å². The predicted octanol–water partition coefficient (Wildman–Crippen LogP) is 2.73. The van der Waals surface area contributed by atoms with Crippen LogP contribution < -0.4 is 9.47 Å². The van der Waals surface area contributed by atoms with Gasteiger partial charge in [-0.25, -0.2) is 4.98 Å². The van der Waals surface area contributed by atoms with Crippen molar-refractivity contribution in [2.24, 2.45) is 0 Å². The monoisotopic (exact) mass is 291 g/mol. The molecule has 6 heteroatoms. The van der Waals surface area contributed by atoms with Crippen molar-refractivity contribution in [2.45, 2.75) is 19.8 Å². The third-order valence-electron chi connectivity index (χ3n) is 3.00. The average molecular weight is 291 g/mol. The molecule has 0 fully saturated rings. The number of aryl methyl sites for hydroxylation is 1. The number of ether oxygens (including phenoxy) is 2. The summed E-state index contributed by atoms with van der Waals surface area (Å²) >= 11 is 1.45. The highest BCUT2D eigenvalue weighted by Crippen LogP contribution is 2.37. The van der Waals surface area contributed by atoms with Gasteiger partial charge in [0.1, 0.15) is 0 Å². The van der Waals surface area contributed by atoms with Gasteiger partial charge in [-0.1, -0.05) is 6.92 Å². The maximum Gasteiger partial charge on any atom is 0.308 e. The first-order valence-corrected chi connectivity index (χ1v) is 7.09. The SMILES string of the molecule is CCc1nc(-c2ccc3c(c2)OCO3)c(CC(=O)O)s1. The second-order valence-electron chi connectivity index (χ2n) is 4.37. The highest BCUT2D eigenvalue weighted by molar-refractivity contribution is 7.12. The molecule has 2 heterocycles. The molecule has 0 saturated heterocycles. The van der Waals surface area contributed by atoms with Crippen LogP contribution in [-0.2, 0) is 17.6 Å². The molecule has 1 aliphatic heterocycles. The molecule has 0 bridgehead atoms. The van der Waals surface area contributed by atoms with E-state index < -0.39 is 5.97 Å². The molecule has 2 aromatic rings. The third-order valence-corrected chi connectivity index (χ3v) is 4.20. The van der Waals surface area contributed by atoms with Gasteiger partial charge in [0.2, 0.25) is 6.79 Å². The van der Waals surface area contributed by atoms with Crippen molar-refractivity contribution in [1.29, 1.82) is 0 Å². The van der Waals surface area contributed by atoms with Crippen LogP contribution in [0.15, 0.2) is 18.2 Å². The zero-order chi connectivity index (χ0) is 14.1. The second kappa shape index (κ2) is 5.13. The molecule has 1 aliphatic rings. The Bertz CT molecular complexity index is 665. The van der Waals surface area contributed by atoms with Crippen LogP contribution in [0.5, 0.6) is 11.5 Å². The first kappa shape index (κ1) is 12.9. The highest BCUT2D eigenvalue weighted by atomic mass is 32.1. The van der Waals surface area contributed by atoms with E-state index >= 15 is 0 Å². The van der Waals surface area contributed by atoms with E-state index in [9.17, 15) is 4.79 Å². The Hall–Kier alpha value is -2.08. The summed E-state index contributed by atoms with van der Waals surface area (Å²) in [7, 11) is 0. The zero-order valence-electron chi connectivity index (χ0n) is 10.9. The van der Waals surface area contributed by atoms with Crippen molar-refractivity contribution in [1.82, 2.24) is 4.98 Å². The number of benzene rings is 1. The van der Waals surface area contributed by atoms with E-state index in [2.05, 4.69) is 4.98 Å². The van der Waals surface area contributed by atoms with E-state index in [-0.39, 0.29) is 13.2 Å². The minimum Gasteiger partial charge on any atom is -0.481 e. The summed E-state index contributed by atoms with van der Waals surface area (Å²) in [6, 6.07) is 5.56. The van der Waals surface area contributed by atoms with Gasteiger partial charge >= 0.3 is 5.97 Å². The first-order chi connectivity index (χ1) is 9.67. The van der Waals surface area contributed by atoms with Gasteiger partial charge in [-0.15, -0.1) is 11.3 Å². The number of carboxylic acids is 1. The van der Waals surface area contributed by atoms with Crippen LogP contribution in [-0.4, -0.2) is 22.9 Å². The molecule has 0 unspecified atom stereocenters. The van der Waals surface area contributed by atoms with Crippen molar-refractivity contribution >= 4 is 17.3 Å². The molecule has 0 saturated carbocycles. The quantitative estimate of drug-likeness (QED) is 0.938. The van der Waals surface area contributed by atoms with E-state index in [4.69, 9.17) is 14.6 Å². The van der Waals surface area contributed by atoms with Gasteiger partial charge in [-0.05, 0) is 24.6 Å². The van der Waals surface area contributed by atoms with Gasteiger partial charge in [0, 0.05) is 10.4 Å². The van der Waals surface area contributed by atoms with Crippen LogP contribution in [0, 0.1) is 0 Å². The van der Waals surface area contributed by atoms with Crippen molar-refractivity contribution in [3.8, 4) is 22.8 Å². The topological polar surface area (TPSA) is 68.7 Å². The summed E-state index contributed by atoms with van der Waals surface area (Å²) in [5, 5.41) is 9.95. The number of hydrogen-bond donors (Lipinski definition) is 1. The highest BCUT2D eigenvalue weighted by Gasteiger charge is 2.19. The van der Waals surface area contributed by atoms with Gasteiger partial charge in [0.05, 0.1) is 17.1 Å². The lowest BCUT2D eigenvalue weighted by Crippen LogP contribution is -1.99. The van der Waals surface area contributed by atoms with E-state index in [0.29, 0.717) is 11.5 Å². The van der Waals surface area contributed by atoms with Crippen LogP contribution in [0.4, 0.5) is 0 Å². The largest absolute Gasteiger partial charge is 0.481 e. The molecular formula is C14H13NO4S. The Balaban J connectivity index is 2.04. The standard InChI is InChI=1S/C14H13NO4S/c1-2-12-15-14(11(20-12)6-13(16)17)8-3-4-9-10(5-8)19-7-18-9/h3-5H,2,6-7H2,1H3,(H,16,17). The maximum absolute atomic E-state index is 11.0. The number of hydrogen-bond acceptors (Lipinski definition) is 5. The number of aromatic nitrogens is 1. The van der Waals surface area contributed by atoms with Crippen molar-refractivity contribution in [3.05, 3.63) is 28.1 Å². The predicted molar refractivity (Wildman–Crippen MR) is 74.4 cm³/mol. The molecule has 0 aliphatic carbocycles. The third kappa shape index (κ3) is 2.34. The van der Waals surface area contributed by atoms with Gasteiger partial charge < -0.3 is 14.6 Å². The van der Waals surface area contributed by atoms with Crippen LogP contribution in [0.3, 0.4) is 0 Å². The fourth-order valence-electron chi connectivity index (χ4n) is 2.08. The normalized spacial score (nSPS) is 12.7. The molecule has 20 heavy (non-hydrogen) atoms. The molecule has 1 aromatic heterocycles. The number of carbonyl (C=O) groups is 1. The molecule has 104 valence electrons. The van der Waals surface area contributed by atoms with E-state index in [1.54, 1.807) is 0 Å². The number of carboxylic acid groups (broad SMARTS) is 1. The van der Waals surface area contributed by atoms with Crippen molar-refractivity contribution in [3.63, 3.8) is 0 Å². The Kier molecular flexibility index (Phi) is 3.31. The van der Waals surface area contributed by atoms with E-state index in [0.717, 1.165) is 27.6 Å². The van der Waals surface area contributed by atoms with E-state index in [1.807, 2.05) is 25.1 Å². The Morgan fingerprint density at radius 1 is 1.40 bits per heavy atom. The zero-order valence-corrected chi connectivity index (χ0v) is 11.7. The Morgan fingerprint density at radius 3 is 2.95 bits per heavy atom. The minimum atomic E-state index is -0.849. The average Bonchev–Trinajstić information content (AvgIpc) is 3.03. The van der Waals surface area contributed by atoms with Crippen LogP contribution in [0.1, 0.15) is 16.8 Å². The number of rotatable bonds is 4. The summed E-state index contributed by atoms with van der Waals surface area (Å²) in [6.45, 7) is 2.23. The lowest BCUT2D eigenvalue weighted by molar-refractivity contribution is -0.136. The summed E-state index contributed by atoms with van der Waals surface area (Å²) in [5.74, 6) is 0.535. The molecule has 1 aromatic carbocycles. The Morgan fingerprint density at radius 2 is 2.20 bits per heavy atom. The molecule has 0 amide bonds. The number of thiazole rings is 1. The molecule has 0 atom stereocenters. The fraction of sp³-hybridized carbons (Fsp3) is 0.286. The van der Waals surface area contributed by atoms with Crippen LogP contribution in [0.2, 0.25) is 0 Å². The molecule has 1 N–H and O–H groups in total. The molecule has 0 radical (unpaired) electrons. The van der Waals surface area contributed by atoms with Gasteiger partial charge in [0.25, 0.3) is 0 Å². The summed E-state index contributed by atoms with van der Waals surface area (Å²) in [4.78, 5) is 16.3. The summed E-state index contributed by atoms with van der Waals surface area (Å²) < 4.78 is 10.6. The fourth-order valence-corrected chi connectivity index (χ4v) is 3.10. The molecule has 3 rings (SSSR count). The van der Waals surface area contributed by atoms with Gasteiger partial charge in [-0.3, -0.25) is 4.79 Å². The summed E-state index contributed by atoms with van der Waals surface area (Å²) in [6.07, 6.45) is 0.781. The molecular weight excluding hydrogens is 278 g/mol.